The molecule has 0 bridgehead atoms. The predicted octanol–water partition coefficient (Wildman–Crippen LogP) is 3.80. The summed E-state index contributed by atoms with van der Waals surface area (Å²) < 4.78 is 12.4. The Hall–Kier alpha value is -3.55. The van der Waals surface area contributed by atoms with E-state index in [4.69, 9.17) is 14.5 Å². The number of ether oxygens (including phenoxy) is 2. The molecule has 0 fully saturated rings. The molecule has 1 aromatic heterocycles. The Balaban J connectivity index is 1.86. The van der Waals surface area contributed by atoms with Gasteiger partial charge in [0.05, 0.1) is 31.3 Å². The van der Waals surface area contributed by atoms with Gasteiger partial charge in [-0.3, -0.25) is 9.59 Å². The maximum absolute atomic E-state index is 13.0. The van der Waals surface area contributed by atoms with Gasteiger partial charge in [0.25, 0.3) is 5.91 Å². The van der Waals surface area contributed by atoms with Gasteiger partial charge in [0.1, 0.15) is 12.4 Å². The number of nitrogens with zero attached hydrogens (tertiary/aromatic N) is 3. The minimum Gasteiger partial charge on any atom is -0.493 e. The molecular weight excluding hydrogens is 420 g/mol. The highest BCUT2D eigenvalue weighted by molar-refractivity contribution is 5.95. The molecule has 1 atom stereocenters. The summed E-state index contributed by atoms with van der Waals surface area (Å²) in [5.41, 5.74) is 2.08. The molecule has 3 aromatic rings. The number of benzene rings is 2. The van der Waals surface area contributed by atoms with Crippen molar-refractivity contribution in [3.05, 3.63) is 53.9 Å². The second-order valence-electron chi connectivity index (χ2n) is 7.98. The number of nitrogens with one attached hydrogen (secondary N) is 1. The van der Waals surface area contributed by atoms with E-state index in [1.807, 2.05) is 42.8 Å². The second kappa shape index (κ2) is 10.8. The third-order valence-electron chi connectivity index (χ3n) is 5.63. The van der Waals surface area contributed by atoms with E-state index in [1.54, 1.807) is 30.2 Å². The zero-order valence-electron chi connectivity index (χ0n) is 19.9. The Bertz CT molecular complexity index is 1120. The van der Waals surface area contributed by atoms with Gasteiger partial charge in [-0.1, -0.05) is 25.5 Å². The quantitative estimate of drug-likeness (QED) is 0.506. The van der Waals surface area contributed by atoms with Gasteiger partial charge in [-0.25, -0.2) is 4.98 Å². The number of unbranched alkanes of at least 4 members (excludes halogenated alkanes) is 1. The SMILES string of the molecule is CCCCN(C)C(=O)Cn1c(C(C)NC(=O)c2ccc(OC)c(OC)c2)nc2ccccc21. The predicted molar refractivity (Wildman–Crippen MR) is 128 cm³/mol. The first-order valence-corrected chi connectivity index (χ1v) is 11.1. The van der Waals surface area contributed by atoms with Crippen molar-refractivity contribution in [1.29, 1.82) is 0 Å². The number of methoxy groups -OCH3 is 2. The number of para-hydroxylation sites is 2. The smallest absolute Gasteiger partial charge is 0.251 e. The fourth-order valence-electron chi connectivity index (χ4n) is 3.69. The van der Waals surface area contributed by atoms with Crippen LogP contribution < -0.4 is 14.8 Å². The molecule has 1 heterocycles. The molecule has 1 N–H and O–H groups in total. The van der Waals surface area contributed by atoms with Crippen LogP contribution in [0.25, 0.3) is 11.0 Å². The topological polar surface area (TPSA) is 85.7 Å². The number of aromatic nitrogens is 2. The van der Waals surface area contributed by atoms with Gasteiger partial charge in [0.2, 0.25) is 5.91 Å². The minimum atomic E-state index is -0.424. The molecule has 8 heteroatoms. The van der Waals surface area contributed by atoms with Crippen LogP contribution >= 0.6 is 0 Å². The van der Waals surface area contributed by atoms with Crippen LogP contribution in [0.5, 0.6) is 11.5 Å². The highest BCUT2D eigenvalue weighted by atomic mass is 16.5. The largest absolute Gasteiger partial charge is 0.493 e. The molecule has 3 rings (SSSR count). The first-order chi connectivity index (χ1) is 15.9. The average Bonchev–Trinajstić information content (AvgIpc) is 3.20. The lowest BCUT2D eigenvalue weighted by molar-refractivity contribution is -0.130. The number of carbonyl (C=O) groups excluding carboxylic acids is 2. The Morgan fingerprint density at radius 2 is 1.85 bits per heavy atom. The van der Waals surface area contributed by atoms with Crippen LogP contribution in [-0.2, 0) is 11.3 Å². The number of hydrogen-bond acceptors (Lipinski definition) is 5. The lowest BCUT2D eigenvalue weighted by Crippen LogP contribution is -2.33. The highest BCUT2D eigenvalue weighted by Crippen LogP contribution is 2.28. The summed E-state index contributed by atoms with van der Waals surface area (Å²) in [5, 5.41) is 3.00. The van der Waals surface area contributed by atoms with Crippen molar-refractivity contribution in [2.75, 3.05) is 27.8 Å². The second-order valence-corrected chi connectivity index (χ2v) is 7.98. The van der Waals surface area contributed by atoms with E-state index in [1.165, 1.54) is 7.11 Å². The molecule has 0 saturated carbocycles. The molecule has 176 valence electrons. The minimum absolute atomic E-state index is 0.00581. The van der Waals surface area contributed by atoms with Crippen LogP contribution in [0.1, 0.15) is 48.9 Å². The summed E-state index contributed by atoms with van der Waals surface area (Å²) in [6, 6.07) is 12.3. The molecule has 0 saturated heterocycles. The molecule has 0 aliphatic heterocycles. The molecule has 0 spiro atoms. The number of likely N-dealkylation sites (N-methyl/N-ethyl adjacent to an activating group) is 1. The van der Waals surface area contributed by atoms with Gasteiger partial charge in [0.15, 0.2) is 11.5 Å². The van der Waals surface area contributed by atoms with Crippen LogP contribution in [0.2, 0.25) is 0 Å². The van der Waals surface area contributed by atoms with E-state index in [-0.39, 0.29) is 18.4 Å². The first-order valence-electron chi connectivity index (χ1n) is 11.1. The van der Waals surface area contributed by atoms with E-state index in [0.29, 0.717) is 29.4 Å². The Kier molecular flexibility index (Phi) is 7.92. The Morgan fingerprint density at radius 3 is 2.55 bits per heavy atom. The van der Waals surface area contributed by atoms with Crippen molar-refractivity contribution in [2.45, 2.75) is 39.3 Å². The number of rotatable bonds is 10. The number of imidazole rings is 1. The van der Waals surface area contributed by atoms with Crippen molar-refractivity contribution in [2.24, 2.45) is 0 Å². The summed E-state index contributed by atoms with van der Waals surface area (Å²) in [4.78, 5) is 32.3. The Labute approximate surface area is 194 Å². The molecule has 1 unspecified atom stereocenters. The third-order valence-corrected chi connectivity index (χ3v) is 5.63. The van der Waals surface area contributed by atoms with Gasteiger partial charge in [0, 0.05) is 19.2 Å². The first kappa shape index (κ1) is 24.1. The molecule has 0 aliphatic carbocycles. The van der Waals surface area contributed by atoms with Crippen LogP contribution in [0.3, 0.4) is 0 Å². The number of fused-ring (bicyclic) bond motifs is 1. The summed E-state index contributed by atoms with van der Waals surface area (Å²) in [6.07, 6.45) is 1.98. The summed E-state index contributed by atoms with van der Waals surface area (Å²) >= 11 is 0. The van der Waals surface area contributed by atoms with Crippen molar-refractivity contribution in [3.63, 3.8) is 0 Å². The standard InChI is InChI=1S/C25H32N4O4/c1-6-7-14-28(3)23(30)16-29-20-11-9-8-10-19(20)27-24(29)17(2)26-25(31)18-12-13-21(32-4)22(15-18)33-5/h8-13,15,17H,6-7,14,16H2,1-5H3,(H,26,31). The van der Waals surface area contributed by atoms with Crippen LogP contribution in [0.4, 0.5) is 0 Å². The van der Waals surface area contributed by atoms with Crippen molar-refractivity contribution in [3.8, 4) is 11.5 Å². The normalized spacial score (nSPS) is 11.8. The van der Waals surface area contributed by atoms with E-state index in [9.17, 15) is 9.59 Å². The summed E-state index contributed by atoms with van der Waals surface area (Å²) in [7, 11) is 4.89. The van der Waals surface area contributed by atoms with Crippen molar-refractivity contribution >= 4 is 22.8 Å². The van der Waals surface area contributed by atoms with Gasteiger partial charge >= 0.3 is 0 Å². The van der Waals surface area contributed by atoms with E-state index in [0.717, 1.165) is 23.9 Å². The van der Waals surface area contributed by atoms with Gasteiger partial charge in [-0.2, -0.15) is 0 Å². The fraction of sp³-hybridized carbons (Fsp3) is 0.400. The van der Waals surface area contributed by atoms with Gasteiger partial charge < -0.3 is 24.3 Å². The van der Waals surface area contributed by atoms with E-state index in [2.05, 4.69) is 12.2 Å². The molecular formula is C25H32N4O4. The zero-order chi connectivity index (χ0) is 24.0. The summed E-state index contributed by atoms with van der Waals surface area (Å²) in [6.45, 7) is 4.83. The Morgan fingerprint density at radius 1 is 1.12 bits per heavy atom. The van der Waals surface area contributed by atoms with E-state index < -0.39 is 6.04 Å². The van der Waals surface area contributed by atoms with Gasteiger partial charge in [-0.05, 0) is 43.7 Å². The molecule has 2 amide bonds. The lowest BCUT2D eigenvalue weighted by Gasteiger charge is -2.20. The van der Waals surface area contributed by atoms with Crippen molar-refractivity contribution in [1.82, 2.24) is 19.8 Å². The summed E-state index contributed by atoms with van der Waals surface area (Å²) in [5.74, 6) is 1.39. The fourth-order valence-corrected chi connectivity index (χ4v) is 3.69. The number of hydrogen-bond donors (Lipinski definition) is 1. The third kappa shape index (κ3) is 5.45. The van der Waals surface area contributed by atoms with Crippen molar-refractivity contribution < 1.29 is 19.1 Å². The maximum Gasteiger partial charge on any atom is 0.251 e. The number of amides is 2. The highest BCUT2D eigenvalue weighted by Gasteiger charge is 2.22. The zero-order valence-corrected chi connectivity index (χ0v) is 19.9. The van der Waals surface area contributed by atoms with Crippen LogP contribution in [0.15, 0.2) is 42.5 Å². The molecule has 2 aromatic carbocycles. The average molecular weight is 453 g/mol. The van der Waals surface area contributed by atoms with Gasteiger partial charge in [-0.15, -0.1) is 0 Å². The maximum atomic E-state index is 13.0. The van der Waals surface area contributed by atoms with Crippen LogP contribution in [0, 0.1) is 0 Å². The number of carbonyl (C=O) groups is 2. The van der Waals surface area contributed by atoms with Crippen LogP contribution in [-0.4, -0.2) is 54.1 Å². The van der Waals surface area contributed by atoms with E-state index >= 15 is 0 Å². The molecule has 0 radical (unpaired) electrons. The monoisotopic (exact) mass is 452 g/mol. The molecule has 0 aliphatic rings. The molecule has 33 heavy (non-hydrogen) atoms. The lowest BCUT2D eigenvalue weighted by atomic mass is 10.1. The molecule has 8 nitrogen and oxygen atoms in total.